The minimum absolute atomic E-state index is 0. The van der Waals surface area contributed by atoms with Crippen molar-refractivity contribution < 1.29 is 24.0 Å². The first-order valence-corrected chi connectivity index (χ1v) is 4.38. The molecule has 0 amide bonds. The molecule has 1 fully saturated rings. The summed E-state index contributed by atoms with van der Waals surface area (Å²) in [6.07, 6.45) is 4.26. The van der Waals surface area contributed by atoms with Crippen molar-refractivity contribution in [1.82, 2.24) is 0 Å². The van der Waals surface area contributed by atoms with Gasteiger partial charge in [-0.2, -0.15) is 0 Å². The molecule has 0 radical (unpaired) electrons. The fourth-order valence-electron chi connectivity index (χ4n) is 2.64. The van der Waals surface area contributed by atoms with Crippen LogP contribution in [0.2, 0.25) is 0 Å². The van der Waals surface area contributed by atoms with E-state index in [1.807, 2.05) is 6.08 Å². The van der Waals surface area contributed by atoms with Gasteiger partial charge in [0.05, 0.1) is 0 Å². The molecule has 62 valence electrons. The maximum atomic E-state index is 11.5. The van der Waals surface area contributed by atoms with Gasteiger partial charge in [-0.25, -0.2) is 0 Å². The van der Waals surface area contributed by atoms with Crippen LogP contribution >= 0.6 is 0 Å². The Bertz CT molecular complexity index is 232. The summed E-state index contributed by atoms with van der Waals surface area (Å²) in [5.74, 6) is 0.943. The van der Waals surface area contributed by atoms with Crippen molar-refractivity contribution in [2.45, 2.75) is 33.6 Å². The molecule has 0 aromatic rings. The molecular weight excluding hydrogens is 143 g/mol. The maximum absolute atomic E-state index is 11.5. The quantitative estimate of drug-likeness (QED) is 0.401. The molecule has 2 aliphatic carbocycles. The number of allylic oxidation sites excluding steroid dienone is 2. The van der Waals surface area contributed by atoms with Crippen molar-refractivity contribution in [1.29, 1.82) is 0 Å². The zero-order valence-corrected chi connectivity index (χ0v) is 8.48. The fourth-order valence-corrected chi connectivity index (χ4v) is 2.64. The summed E-state index contributed by atoms with van der Waals surface area (Å²) >= 11 is 0. The van der Waals surface area contributed by atoms with Crippen molar-refractivity contribution in [3.8, 4) is 0 Å². The summed E-state index contributed by atoms with van der Waals surface area (Å²) in [6.45, 7) is 6.58. The molecule has 0 aromatic carbocycles. The van der Waals surface area contributed by atoms with E-state index >= 15 is 0 Å². The van der Waals surface area contributed by atoms with E-state index in [2.05, 4.69) is 20.8 Å². The van der Waals surface area contributed by atoms with Crippen molar-refractivity contribution in [2.24, 2.45) is 16.7 Å². The second kappa shape index (κ2) is 2.56. The summed E-state index contributed by atoms with van der Waals surface area (Å²) < 4.78 is 0. The van der Waals surface area contributed by atoms with Gasteiger partial charge in [-0.1, -0.05) is 26.8 Å². The van der Waals surface area contributed by atoms with Crippen molar-refractivity contribution in [2.75, 3.05) is 0 Å². The predicted molar refractivity (Wildman–Crippen MR) is 42.7 cm³/mol. The Balaban J connectivity index is 0.000000720. The molecule has 0 spiro atoms. The second-order valence-corrected chi connectivity index (χ2v) is 4.73. The van der Waals surface area contributed by atoms with Crippen LogP contribution in [0.1, 0.15) is 33.6 Å². The Kier molecular flexibility index (Phi) is 2.18. The molecule has 0 aromatic heterocycles. The van der Waals surface area contributed by atoms with Crippen molar-refractivity contribution in [3.05, 3.63) is 11.8 Å². The second-order valence-electron chi connectivity index (χ2n) is 4.73. The van der Waals surface area contributed by atoms with E-state index in [1.54, 1.807) is 0 Å². The maximum Gasteiger partial charge on any atom is 1.00 e. The van der Waals surface area contributed by atoms with E-state index in [9.17, 15) is 5.11 Å². The number of hydrogen-bond acceptors (Lipinski definition) is 1. The van der Waals surface area contributed by atoms with Gasteiger partial charge in [-0.3, -0.25) is 0 Å². The van der Waals surface area contributed by atoms with Gasteiger partial charge < -0.3 is 5.11 Å². The Morgan fingerprint density at radius 1 is 1.42 bits per heavy atom. The Morgan fingerprint density at radius 2 is 2.00 bits per heavy atom. The minimum Gasteiger partial charge on any atom is -0.875 e. The zero-order chi connectivity index (χ0) is 8.28. The minimum atomic E-state index is -0.0301. The monoisotopic (exact) mass is 158 g/mol. The number of hydrogen-bond donors (Lipinski definition) is 0. The smallest absolute Gasteiger partial charge is 0.875 e. The topological polar surface area (TPSA) is 23.1 Å². The average Bonchev–Trinajstić information content (AvgIpc) is 2.20. The third kappa shape index (κ3) is 0.873. The summed E-state index contributed by atoms with van der Waals surface area (Å²) in [6, 6.07) is 0. The number of rotatable bonds is 0. The Labute approximate surface area is 86.4 Å². The van der Waals surface area contributed by atoms with E-state index in [1.165, 1.54) is 6.42 Å². The Morgan fingerprint density at radius 3 is 2.17 bits per heavy atom. The van der Waals surface area contributed by atoms with Gasteiger partial charge in [0.15, 0.2) is 0 Å². The zero-order valence-electron chi connectivity index (χ0n) is 8.48. The molecular formula is C10H15LiO. The number of fused-ring (bicyclic) bond motifs is 2. The van der Waals surface area contributed by atoms with Gasteiger partial charge in [0, 0.05) is 0 Å². The van der Waals surface area contributed by atoms with Crippen molar-refractivity contribution in [3.63, 3.8) is 0 Å². The van der Waals surface area contributed by atoms with Crippen LogP contribution in [0.3, 0.4) is 0 Å². The van der Waals surface area contributed by atoms with Gasteiger partial charge in [0.2, 0.25) is 0 Å². The Hall–Kier alpha value is 0.137. The van der Waals surface area contributed by atoms with Crippen molar-refractivity contribution >= 4 is 0 Å². The van der Waals surface area contributed by atoms with E-state index in [0.717, 1.165) is 6.42 Å². The van der Waals surface area contributed by atoms with E-state index in [0.29, 0.717) is 11.7 Å². The van der Waals surface area contributed by atoms with Crippen LogP contribution in [-0.2, 0) is 0 Å². The van der Waals surface area contributed by atoms with Crippen LogP contribution in [0.25, 0.3) is 0 Å². The normalized spacial score (nSPS) is 42.2. The molecule has 2 heteroatoms. The molecule has 2 atom stereocenters. The van der Waals surface area contributed by atoms with Gasteiger partial charge in [-0.05, 0) is 29.6 Å². The summed E-state index contributed by atoms with van der Waals surface area (Å²) in [5.41, 5.74) is 0.196. The van der Waals surface area contributed by atoms with Gasteiger partial charge in [0.1, 0.15) is 0 Å². The summed E-state index contributed by atoms with van der Waals surface area (Å²) in [5, 5.41) is 11.5. The standard InChI is InChI=1S/C10H16O.Li/c1-9(2)7-4-5-10(9,3)8(11)6-7;/h6-7,11H,4-5H2,1-3H3;/q;+1/p-1/t7-,10+;/m1./s1. The molecule has 2 rings (SSSR count). The first-order valence-electron chi connectivity index (χ1n) is 4.38. The molecule has 0 N–H and O–H groups in total. The first-order chi connectivity index (χ1) is 4.98. The van der Waals surface area contributed by atoms with E-state index in [-0.39, 0.29) is 29.7 Å². The van der Waals surface area contributed by atoms with Crippen LogP contribution in [-0.4, -0.2) is 0 Å². The molecule has 0 aliphatic heterocycles. The van der Waals surface area contributed by atoms with Crippen LogP contribution in [0.4, 0.5) is 0 Å². The molecule has 2 aliphatic rings. The molecule has 1 nitrogen and oxygen atoms in total. The molecule has 0 heterocycles. The molecule has 0 unspecified atom stereocenters. The fraction of sp³-hybridized carbons (Fsp3) is 0.800. The predicted octanol–water partition coefficient (Wildman–Crippen LogP) is -1.31. The first kappa shape index (κ1) is 10.2. The van der Waals surface area contributed by atoms with E-state index < -0.39 is 0 Å². The van der Waals surface area contributed by atoms with Gasteiger partial charge in [-0.15, -0.1) is 5.76 Å². The largest absolute Gasteiger partial charge is 1.00 e. The molecule has 1 saturated carbocycles. The molecule has 0 saturated heterocycles. The van der Waals surface area contributed by atoms with Gasteiger partial charge >= 0.3 is 18.9 Å². The SMILES string of the molecule is CC1(C)[C@H]2C=C([O-])[C@]1(C)CC2.[Li+]. The average molecular weight is 158 g/mol. The molecule has 12 heavy (non-hydrogen) atoms. The van der Waals surface area contributed by atoms with Gasteiger partial charge in [0.25, 0.3) is 0 Å². The summed E-state index contributed by atoms with van der Waals surface area (Å²) in [4.78, 5) is 0. The third-order valence-electron chi connectivity index (χ3n) is 4.20. The summed E-state index contributed by atoms with van der Waals surface area (Å²) in [7, 11) is 0. The van der Waals surface area contributed by atoms with Crippen LogP contribution in [0.15, 0.2) is 11.8 Å². The molecule has 2 bridgehead atoms. The van der Waals surface area contributed by atoms with Crippen LogP contribution in [0, 0.1) is 16.7 Å². The van der Waals surface area contributed by atoms with E-state index in [4.69, 9.17) is 0 Å². The van der Waals surface area contributed by atoms with Crippen LogP contribution in [0.5, 0.6) is 0 Å². The third-order valence-corrected chi connectivity index (χ3v) is 4.20. The van der Waals surface area contributed by atoms with Crippen LogP contribution < -0.4 is 24.0 Å².